The van der Waals surface area contributed by atoms with Crippen molar-refractivity contribution in [1.29, 1.82) is 0 Å². The van der Waals surface area contributed by atoms with Gasteiger partial charge in [0.2, 0.25) is 0 Å². The predicted octanol–water partition coefficient (Wildman–Crippen LogP) is 3.00. The highest BCUT2D eigenvalue weighted by Crippen LogP contribution is 2.16. The number of ether oxygens (including phenoxy) is 2. The molecule has 1 heterocycles. The zero-order chi connectivity index (χ0) is 19.3. The number of rotatable bonds is 13. The molecule has 0 unspecified atom stereocenters. The van der Waals surface area contributed by atoms with E-state index in [0.29, 0.717) is 13.2 Å². The first-order chi connectivity index (χ1) is 13.1. The second kappa shape index (κ2) is 13.1. The molecule has 1 fully saturated rings. The highest BCUT2D eigenvalue weighted by molar-refractivity contribution is 5.48. The van der Waals surface area contributed by atoms with Gasteiger partial charge in [-0.15, -0.1) is 0 Å². The summed E-state index contributed by atoms with van der Waals surface area (Å²) < 4.78 is 11.3. The van der Waals surface area contributed by atoms with Gasteiger partial charge in [0.15, 0.2) is 0 Å². The number of anilines is 1. The molecule has 0 atom stereocenters. The van der Waals surface area contributed by atoms with Gasteiger partial charge in [-0.25, -0.2) is 0 Å². The highest BCUT2D eigenvalue weighted by Gasteiger charge is 2.10. The Kier molecular flexibility index (Phi) is 10.8. The predicted molar refractivity (Wildman–Crippen MR) is 114 cm³/mol. The largest absolute Gasteiger partial charge is 0.379 e. The molecule has 2 rings (SSSR count). The van der Waals surface area contributed by atoms with Crippen LogP contribution in [0.4, 0.5) is 5.69 Å². The molecule has 1 saturated heterocycles. The summed E-state index contributed by atoms with van der Waals surface area (Å²) in [4.78, 5) is 4.76. The van der Waals surface area contributed by atoms with Crippen molar-refractivity contribution in [2.24, 2.45) is 5.92 Å². The van der Waals surface area contributed by atoms with Gasteiger partial charge in [-0.3, -0.25) is 4.90 Å². The SMILES string of the molecule is CC(C)CCCOCCOCCN(C)Cc1ccc(N2CCNCC2)cc1. The third-order valence-corrected chi connectivity index (χ3v) is 4.93. The van der Waals surface area contributed by atoms with Gasteiger partial charge in [0.25, 0.3) is 0 Å². The minimum atomic E-state index is 0.689. The summed E-state index contributed by atoms with van der Waals surface area (Å²) in [7, 11) is 2.15. The maximum Gasteiger partial charge on any atom is 0.0701 e. The third-order valence-electron chi connectivity index (χ3n) is 4.93. The van der Waals surface area contributed by atoms with Crippen LogP contribution in [0, 0.1) is 5.92 Å². The lowest BCUT2D eigenvalue weighted by Crippen LogP contribution is -2.43. The fourth-order valence-electron chi connectivity index (χ4n) is 3.26. The van der Waals surface area contributed by atoms with Crippen LogP contribution in [0.5, 0.6) is 0 Å². The van der Waals surface area contributed by atoms with E-state index >= 15 is 0 Å². The van der Waals surface area contributed by atoms with Crippen LogP contribution in [0.2, 0.25) is 0 Å². The summed E-state index contributed by atoms with van der Waals surface area (Å²) >= 11 is 0. The van der Waals surface area contributed by atoms with Crippen molar-refractivity contribution in [3.8, 4) is 0 Å². The Labute approximate surface area is 166 Å². The van der Waals surface area contributed by atoms with Crippen molar-refractivity contribution in [2.75, 3.05) is 71.1 Å². The van der Waals surface area contributed by atoms with Crippen LogP contribution < -0.4 is 10.2 Å². The molecule has 0 spiro atoms. The molecule has 5 nitrogen and oxygen atoms in total. The molecular formula is C22H39N3O2. The summed E-state index contributed by atoms with van der Waals surface area (Å²) in [5, 5.41) is 3.40. The molecule has 1 aliphatic heterocycles. The molecule has 1 N–H and O–H groups in total. The molecule has 1 aromatic rings. The van der Waals surface area contributed by atoms with E-state index in [0.717, 1.165) is 64.8 Å². The Morgan fingerprint density at radius 2 is 1.67 bits per heavy atom. The topological polar surface area (TPSA) is 37.0 Å². The Morgan fingerprint density at radius 3 is 2.33 bits per heavy atom. The molecule has 5 heteroatoms. The fourth-order valence-corrected chi connectivity index (χ4v) is 3.26. The van der Waals surface area contributed by atoms with Crippen molar-refractivity contribution in [3.05, 3.63) is 29.8 Å². The molecule has 1 aliphatic rings. The van der Waals surface area contributed by atoms with Crippen LogP contribution in [0.3, 0.4) is 0 Å². The first-order valence-electron chi connectivity index (χ1n) is 10.5. The van der Waals surface area contributed by atoms with E-state index in [1.807, 2.05) is 0 Å². The van der Waals surface area contributed by atoms with Gasteiger partial charge in [-0.1, -0.05) is 26.0 Å². The summed E-state index contributed by atoms with van der Waals surface area (Å²) in [6.07, 6.45) is 2.38. The third kappa shape index (κ3) is 9.56. The first kappa shape index (κ1) is 22.2. The summed E-state index contributed by atoms with van der Waals surface area (Å²) in [6, 6.07) is 9.00. The van der Waals surface area contributed by atoms with E-state index in [-0.39, 0.29) is 0 Å². The lowest BCUT2D eigenvalue weighted by Gasteiger charge is -2.29. The maximum atomic E-state index is 5.69. The molecule has 0 saturated carbocycles. The van der Waals surface area contributed by atoms with E-state index in [1.165, 1.54) is 17.7 Å². The second-order valence-electron chi connectivity index (χ2n) is 7.90. The van der Waals surface area contributed by atoms with Crippen molar-refractivity contribution < 1.29 is 9.47 Å². The summed E-state index contributed by atoms with van der Waals surface area (Å²) in [5.41, 5.74) is 2.68. The molecule has 0 radical (unpaired) electrons. The van der Waals surface area contributed by atoms with Gasteiger partial charge < -0.3 is 19.7 Å². The minimum Gasteiger partial charge on any atom is -0.379 e. The Balaban J connectivity index is 1.52. The molecule has 27 heavy (non-hydrogen) atoms. The molecular weight excluding hydrogens is 338 g/mol. The Hall–Kier alpha value is -1.14. The molecule has 0 aromatic heterocycles. The summed E-state index contributed by atoms with van der Waals surface area (Å²) in [6.45, 7) is 13.7. The highest BCUT2D eigenvalue weighted by atomic mass is 16.5. The minimum absolute atomic E-state index is 0.689. The number of likely N-dealkylation sites (N-methyl/N-ethyl adjacent to an activating group) is 1. The van der Waals surface area contributed by atoms with Gasteiger partial charge in [0.1, 0.15) is 0 Å². The molecule has 1 aromatic carbocycles. The number of hydrogen-bond acceptors (Lipinski definition) is 5. The van der Waals surface area contributed by atoms with E-state index in [2.05, 4.69) is 60.3 Å². The van der Waals surface area contributed by atoms with Crippen molar-refractivity contribution in [3.63, 3.8) is 0 Å². The van der Waals surface area contributed by atoms with Crippen molar-refractivity contribution in [2.45, 2.75) is 33.2 Å². The van der Waals surface area contributed by atoms with Crippen LogP contribution in [-0.2, 0) is 16.0 Å². The van der Waals surface area contributed by atoms with Crippen LogP contribution in [-0.4, -0.2) is 71.1 Å². The van der Waals surface area contributed by atoms with Gasteiger partial charge in [-0.2, -0.15) is 0 Å². The lowest BCUT2D eigenvalue weighted by molar-refractivity contribution is 0.0385. The number of piperazine rings is 1. The Bertz CT molecular complexity index is 487. The van der Waals surface area contributed by atoms with Crippen molar-refractivity contribution in [1.82, 2.24) is 10.2 Å². The monoisotopic (exact) mass is 377 g/mol. The fraction of sp³-hybridized carbons (Fsp3) is 0.727. The molecule has 154 valence electrons. The van der Waals surface area contributed by atoms with Gasteiger partial charge in [0.05, 0.1) is 19.8 Å². The van der Waals surface area contributed by atoms with E-state index in [1.54, 1.807) is 0 Å². The average molecular weight is 378 g/mol. The van der Waals surface area contributed by atoms with Crippen LogP contribution in [0.25, 0.3) is 0 Å². The zero-order valence-corrected chi connectivity index (χ0v) is 17.6. The number of nitrogens with zero attached hydrogens (tertiary/aromatic N) is 2. The van der Waals surface area contributed by atoms with Crippen molar-refractivity contribution >= 4 is 5.69 Å². The first-order valence-corrected chi connectivity index (χ1v) is 10.5. The normalized spacial score (nSPS) is 15.1. The smallest absolute Gasteiger partial charge is 0.0701 e. The standard InChI is InChI=1S/C22H39N3O2/c1-20(2)5-4-15-26-17-18-27-16-14-24(3)19-21-6-8-22(9-7-21)25-12-10-23-11-13-25/h6-9,20,23H,4-5,10-19H2,1-3H3. The number of nitrogens with one attached hydrogen (secondary N) is 1. The average Bonchev–Trinajstić information content (AvgIpc) is 2.68. The van der Waals surface area contributed by atoms with Crippen LogP contribution in [0.1, 0.15) is 32.3 Å². The number of hydrogen-bond donors (Lipinski definition) is 1. The van der Waals surface area contributed by atoms with Gasteiger partial charge >= 0.3 is 0 Å². The van der Waals surface area contributed by atoms with E-state index in [4.69, 9.17) is 9.47 Å². The second-order valence-corrected chi connectivity index (χ2v) is 7.90. The summed E-state index contributed by atoms with van der Waals surface area (Å²) in [5.74, 6) is 0.763. The maximum absolute atomic E-state index is 5.69. The lowest BCUT2D eigenvalue weighted by atomic mass is 10.1. The quantitative estimate of drug-likeness (QED) is 0.535. The number of benzene rings is 1. The van der Waals surface area contributed by atoms with E-state index < -0.39 is 0 Å². The van der Waals surface area contributed by atoms with Crippen LogP contribution in [0.15, 0.2) is 24.3 Å². The van der Waals surface area contributed by atoms with E-state index in [9.17, 15) is 0 Å². The molecule has 0 bridgehead atoms. The molecule has 0 amide bonds. The van der Waals surface area contributed by atoms with Gasteiger partial charge in [0, 0.05) is 51.6 Å². The molecule has 0 aliphatic carbocycles. The Morgan fingerprint density at radius 1 is 1.00 bits per heavy atom. The van der Waals surface area contributed by atoms with Gasteiger partial charge in [-0.05, 0) is 43.5 Å². The van der Waals surface area contributed by atoms with Crippen LogP contribution >= 0.6 is 0 Å². The zero-order valence-electron chi connectivity index (χ0n) is 17.6.